The molecule has 0 radical (unpaired) electrons. The monoisotopic (exact) mass is 300 g/mol. The molecule has 0 aromatic rings. The van der Waals surface area contributed by atoms with E-state index in [1.54, 1.807) is 0 Å². The van der Waals surface area contributed by atoms with Gasteiger partial charge >= 0.3 is 11.9 Å². The van der Waals surface area contributed by atoms with Crippen molar-refractivity contribution in [1.29, 1.82) is 0 Å². The molecule has 0 aromatic heterocycles. The van der Waals surface area contributed by atoms with Crippen LogP contribution in [0, 0.1) is 5.92 Å². The van der Waals surface area contributed by atoms with Crippen LogP contribution >= 0.6 is 0 Å². The summed E-state index contributed by atoms with van der Waals surface area (Å²) >= 11 is 0. The fourth-order valence-corrected chi connectivity index (χ4v) is 2.34. The maximum atomic E-state index is 11.8. The van der Waals surface area contributed by atoms with Crippen molar-refractivity contribution in [2.75, 3.05) is 19.6 Å². The highest BCUT2D eigenvalue weighted by molar-refractivity contribution is 5.85. The highest BCUT2D eigenvalue weighted by Gasteiger charge is 2.23. The van der Waals surface area contributed by atoms with Crippen LogP contribution in [0.3, 0.4) is 0 Å². The van der Waals surface area contributed by atoms with Crippen molar-refractivity contribution in [2.45, 2.75) is 32.1 Å². The van der Waals surface area contributed by atoms with E-state index < -0.39 is 30.9 Å². The van der Waals surface area contributed by atoms with Crippen molar-refractivity contribution >= 4 is 23.8 Å². The zero-order valence-corrected chi connectivity index (χ0v) is 11.7. The molecule has 0 unspecified atom stereocenters. The second kappa shape index (κ2) is 8.23. The van der Waals surface area contributed by atoms with Crippen LogP contribution in [0.4, 0.5) is 0 Å². The number of carboxylic acid groups (broad SMARTS) is 2. The zero-order valence-electron chi connectivity index (χ0n) is 11.7. The second-order valence-electron chi connectivity index (χ2n) is 5.06. The SMILES string of the molecule is O=C(O)CN(CC(=O)O)C(=O)CCNC(=O)C1CCCC1. The second-order valence-corrected chi connectivity index (χ2v) is 5.06. The molecular formula is C13H20N2O6. The average Bonchev–Trinajstić information content (AvgIpc) is 2.90. The van der Waals surface area contributed by atoms with Crippen molar-refractivity contribution in [2.24, 2.45) is 5.92 Å². The van der Waals surface area contributed by atoms with Crippen LogP contribution in [0.2, 0.25) is 0 Å². The van der Waals surface area contributed by atoms with Crippen LogP contribution in [0.25, 0.3) is 0 Å². The van der Waals surface area contributed by atoms with Crippen LogP contribution in [0.15, 0.2) is 0 Å². The van der Waals surface area contributed by atoms with Gasteiger partial charge in [0.2, 0.25) is 11.8 Å². The number of hydrogen-bond donors (Lipinski definition) is 3. The van der Waals surface area contributed by atoms with Crippen molar-refractivity contribution < 1.29 is 29.4 Å². The van der Waals surface area contributed by atoms with Crippen LogP contribution in [-0.4, -0.2) is 58.5 Å². The summed E-state index contributed by atoms with van der Waals surface area (Å²) in [6.07, 6.45) is 3.65. The molecule has 1 aliphatic rings. The van der Waals surface area contributed by atoms with Crippen LogP contribution in [0.5, 0.6) is 0 Å². The molecule has 8 nitrogen and oxygen atoms in total. The number of amides is 2. The van der Waals surface area contributed by atoms with Crippen molar-refractivity contribution in [1.82, 2.24) is 10.2 Å². The third-order valence-corrected chi connectivity index (χ3v) is 3.37. The van der Waals surface area contributed by atoms with E-state index in [0.717, 1.165) is 30.6 Å². The Morgan fingerprint density at radius 3 is 2.00 bits per heavy atom. The van der Waals surface area contributed by atoms with Gasteiger partial charge in [-0.05, 0) is 12.8 Å². The van der Waals surface area contributed by atoms with E-state index in [1.807, 2.05) is 0 Å². The minimum absolute atomic E-state index is 0.00533. The minimum atomic E-state index is -1.28. The van der Waals surface area contributed by atoms with Crippen LogP contribution < -0.4 is 5.32 Å². The Labute approximate surface area is 122 Å². The molecule has 0 bridgehead atoms. The Morgan fingerprint density at radius 2 is 1.52 bits per heavy atom. The van der Waals surface area contributed by atoms with Gasteiger partial charge in [-0.15, -0.1) is 0 Å². The predicted molar refractivity (Wildman–Crippen MR) is 71.4 cm³/mol. The maximum Gasteiger partial charge on any atom is 0.323 e. The quantitative estimate of drug-likeness (QED) is 0.564. The highest BCUT2D eigenvalue weighted by atomic mass is 16.4. The molecule has 21 heavy (non-hydrogen) atoms. The van der Waals surface area contributed by atoms with Crippen LogP contribution in [-0.2, 0) is 19.2 Å². The molecule has 0 spiro atoms. The summed E-state index contributed by atoms with van der Waals surface area (Å²) < 4.78 is 0. The molecule has 1 rings (SSSR count). The lowest BCUT2D eigenvalue weighted by atomic mass is 10.1. The van der Waals surface area contributed by atoms with Gasteiger partial charge in [0.15, 0.2) is 0 Å². The fourth-order valence-electron chi connectivity index (χ4n) is 2.34. The first-order valence-electron chi connectivity index (χ1n) is 6.89. The molecule has 1 saturated carbocycles. The first-order valence-corrected chi connectivity index (χ1v) is 6.89. The van der Waals surface area contributed by atoms with Gasteiger partial charge in [0, 0.05) is 18.9 Å². The van der Waals surface area contributed by atoms with E-state index in [4.69, 9.17) is 10.2 Å². The molecular weight excluding hydrogens is 280 g/mol. The maximum absolute atomic E-state index is 11.8. The summed E-state index contributed by atoms with van der Waals surface area (Å²) in [5, 5.41) is 19.9. The van der Waals surface area contributed by atoms with Gasteiger partial charge in [-0.1, -0.05) is 12.8 Å². The minimum Gasteiger partial charge on any atom is -0.480 e. The number of aliphatic carboxylic acids is 2. The molecule has 0 atom stereocenters. The summed E-state index contributed by atoms with van der Waals surface area (Å²) in [5.74, 6) is -3.26. The molecule has 2 amide bonds. The van der Waals surface area contributed by atoms with E-state index >= 15 is 0 Å². The Kier molecular flexibility index (Phi) is 6.64. The normalized spacial score (nSPS) is 14.7. The topological polar surface area (TPSA) is 124 Å². The van der Waals surface area contributed by atoms with Gasteiger partial charge in [0.05, 0.1) is 0 Å². The molecule has 118 valence electrons. The highest BCUT2D eigenvalue weighted by Crippen LogP contribution is 2.24. The molecule has 1 fully saturated rings. The lowest BCUT2D eigenvalue weighted by molar-refractivity contribution is -0.149. The number of carbonyl (C=O) groups excluding carboxylic acids is 2. The standard InChI is InChI=1S/C13H20N2O6/c16-10(15(7-11(17)18)8-12(19)20)5-6-14-13(21)9-3-1-2-4-9/h9H,1-8H2,(H,14,21)(H,17,18)(H,19,20). The van der Waals surface area contributed by atoms with E-state index in [1.165, 1.54) is 0 Å². The summed E-state index contributed by atoms with van der Waals surface area (Å²) in [7, 11) is 0. The van der Waals surface area contributed by atoms with Gasteiger partial charge in [-0.25, -0.2) is 0 Å². The number of carbonyl (C=O) groups is 4. The Balaban J connectivity index is 2.36. The lowest BCUT2D eigenvalue weighted by Gasteiger charge is -2.18. The summed E-state index contributed by atoms with van der Waals surface area (Å²) in [4.78, 5) is 45.4. The third-order valence-electron chi connectivity index (χ3n) is 3.37. The van der Waals surface area contributed by atoms with Crippen LogP contribution in [0.1, 0.15) is 32.1 Å². The lowest BCUT2D eigenvalue weighted by Crippen LogP contribution is -2.41. The van der Waals surface area contributed by atoms with Gasteiger partial charge < -0.3 is 20.4 Å². The number of rotatable bonds is 8. The predicted octanol–water partition coefficient (Wildman–Crippen LogP) is -0.319. The largest absolute Gasteiger partial charge is 0.480 e. The van der Waals surface area contributed by atoms with Crippen molar-refractivity contribution in [3.05, 3.63) is 0 Å². The van der Waals surface area contributed by atoms with Gasteiger partial charge in [-0.3, -0.25) is 19.2 Å². The smallest absolute Gasteiger partial charge is 0.323 e. The van der Waals surface area contributed by atoms with E-state index in [-0.39, 0.29) is 24.8 Å². The molecule has 0 saturated heterocycles. The third kappa shape index (κ3) is 6.24. The van der Waals surface area contributed by atoms with E-state index in [9.17, 15) is 19.2 Å². The molecule has 0 aliphatic heterocycles. The first-order chi connectivity index (χ1) is 9.90. The van der Waals surface area contributed by atoms with Gasteiger partial charge in [0.1, 0.15) is 13.1 Å². The Hall–Kier alpha value is -2.12. The number of nitrogens with zero attached hydrogens (tertiary/aromatic N) is 1. The molecule has 0 heterocycles. The van der Waals surface area contributed by atoms with E-state index in [2.05, 4.69) is 5.32 Å². The Morgan fingerprint density at radius 1 is 1.00 bits per heavy atom. The molecule has 0 aromatic carbocycles. The number of carboxylic acids is 2. The van der Waals surface area contributed by atoms with E-state index in [0.29, 0.717) is 0 Å². The molecule has 8 heteroatoms. The summed E-state index contributed by atoms with van der Waals surface area (Å²) in [5.41, 5.74) is 0. The fraction of sp³-hybridized carbons (Fsp3) is 0.692. The molecule has 3 N–H and O–H groups in total. The average molecular weight is 300 g/mol. The zero-order chi connectivity index (χ0) is 15.8. The summed E-state index contributed by atoms with van der Waals surface area (Å²) in [6.45, 7) is -1.24. The van der Waals surface area contributed by atoms with Gasteiger partial charge in [-0.2, -0.15) is 0 Å². The molecule has 1 aliphatic carbocycles. The summed E-state index contributed by atoms with van der Waals surface area (Å²) in [6, 6.07) is 0. The first kappa shape index (κ1) is 16.9. The van der Waals surface area contributed by atoms with Crippen molar-refractivity contribution in [3.63, 3.8) is 0 Å². The number of nitrogens with one attached hydrogen (secondary N) is 1. The Bertz CT molecular complexity index is 401. The van der Waals surface area contributed by atoms with Gasteiger partial charge in [0.25, 0.3) is 0 Å². The van der Waals surface area contributed by atoms with Crippen molar-refractivity contribution in [3.8, 4) is 0 Å². The number of hydrogen-bond acceptors (Lipinski definition) is 4.